The summed E-state index contributed by atoms with van der Waals surface area (Å²) in [6.45, 7) is 0. The van der Waals surface area contributed by atoms with E-state index >= 15 is 0 Å². The molecular weight excluding hydrogens is 320 g/mol. The van der Waals surface area contributed by atoms with E-state index in [9.17, 15) is 14.7 Å². The van der Waals surface area contributed by atoms with Gasteiger partial charge in [-0.2, -0.15) is 5.10 Å². The molecule has 1 amide bonds. The number of aromatic amines is 1. The lowest BCUT2D eigenvalue weighted by Crippen LogP contribution is -2.42. The van der Waals surface area contributed by atoms with Crippen molar-refractivity contribution in [3.8, 4) is 0 Å². The van der Waals surface area contributed by atoms with Crippen LogP contribution in [0.1, 0.15) is 17.5 Å². The second-order valence-corrected chi connectivity index (χ2v) is 6.04. The number of para-hydroxylation sites is 1. The Morgan fingerprint density at radius 3 is 2.88 bits per heavy atom. The van der Waals surface area contributed by atoms with Crippen molar-refractivity contribution >= 4 is 22.8 Å². The molecule has 0 aliphatic rings. The number of aromatic nitrogens is 3. The van der Waals surface area contributed by atoms with Gasteiger partial charge in [0.25, 0.3) is 0 Å². The summed E-state index contributed by atoms with van der Waals surface area (Å²) in [4.78, 5) is 26.8. The highest BCUT2D eigenvalue weighted by Gasteiger charge is 2.21. The number of hydrogen-bond acceptors (Lipinski definition) is 3. The topological polar surface area (TPSA) is 100 Å². The number of nitrogens with zero attached hydrogens (tertiary/aromatic N) is 2. The monoisotopic (exact) mass is 340 g/mol. The number of benzene rings is 1. The molecule has 130 valence electrons. The summed E-state index contributed by atoms with van der Waals surface area (Å²) in [7, 11) is 1.81. The fourth-order valence-electron chi connectivity index (χ4n) is 2.85. The first-order chi connectivity index (χ1) is 12.0. The number of H-pyrrole nitrogens is 1. The van der Waals surface area contributed by atoms with Crippen LogP contribution in [0.5, 0.6) is 0 Å². The molecule has 3 rings (SSSR count). The lowest BCUT2D eigenvalue weighted by molar-refractivity contribution is -0.141. The van der Waals surface area contributed by atoms with Crippen LogP contribution >= 0.6 is 0 Å². The summed E-state index contributed by atoms with van der Waals surface area (Å²) in [6.07, 6.45) is 6.32. The highest BCUT2D eigenvalue weighted by atomic mass is 16.4. The van der Waals surface area contributed by atoms with E-state index in [-0.39, 0.29) is 18.7 Å². The average molecular weight is 340 g/mol. The Morgan fingerprint density at radius 1 is 1.36 bits per heavy atom. The molecule has 1 unspecified atom stereocenters. The van der Waals surface area contributed by atoms with Gasteiger partial charge >= 0.3 is 5.97 Å². The molecule has 0 spiro atoms. The van der Waals surface area contributed by atoms with Crippen molar-refractivity contribution in [2.45, 2.75) is 25.3 Å². The van der Waals surface area contributed by atoms with Crippen molar-refractivity contribution in [3.63, 3.8) is 0 Å². The Kier molecular flexibility index (Phi) is 4.83. The molecule has 2 heterocycles. The highest BCUT2D eigenvalue weighted by molar-refractivity contribution is 5.86. The van der Waals surface area contributed by atoms with Gasteiger partial charge in [-0.3, -0.25) is 9.48 Å². The Labute approximate surface area is 144 Å². The molecule has 1 aromatic carbocycles. The Morgan fingerprint density at radius 2 is 2.16 bits per heavy atom. The summed E-state index contributed by atoms with van der Waals surface area (Å²) >= 11 is 0. The van der Waals surface area contributed by atoms with Crippen molar-refractivity contribution in [3.05, 3.63) is 54.0 Å². The third-order valence-electron chi connectivity index (χ3n) is 4.13. The Bertz CT molecular complexity index is 897. The average Bonchev–Trinajstić information content (AvgIpc) is 3.19. The number of fused-ring (bicyclic) bond motifs is 1. The quantitative estimate of drug-likeness (QED) is 0.609. The fourth-order valence-corrected chi connectivity index (χ4v) is 2.85. The van der Waals surface area contributed by atoms with E-state index in [4.69, 9.17) is 0 Å². The number of carbonyl (C=O) groups is 2. The molecular formula is C18H20N4O3. The van der Waals surface area contributed by atoms with Crippen LogP contribution in [0, 0.1) is 0 Å². The van der Waals surface area contributed by atoms with E-state index < -0.39 is 12.0 Å². The molecule has 0 aliphatic carbocycles. The predicted molar refractivity (Wildman–Crippen MR) is 93.1 cm³/mol. The third kappa shape index (κ3) is 4.06. The van der Waals surface area contributed by atoms with E-state index in [2.05, 4.69) is 15.4 Å². The van der Waals surface area contributed by atoms with Crippen molar-refractivity contribution in [2.75, 3.05) is 0 Å². The summed E-state index contributed by atoms with van der Waals surface area (Å²) in [5.41, 5.74) is 2.77. The molecule has 0 fully saturated rings. The number of carboxylic acids is 1. The zero-order valence-electron chi connectivity index (χ0n) is 13.9. The van der Waals surface area contributed by atoms with E-state index in [1.54, 1.807) is 17.1 Å². The maximum atomic E-state index is 12.1. The van der Waals surface area contributed by atoms with Crippen LogP contribution in [-0.4, -0.2) is 37.8 Å². The van der Waals surface area contributed by atoms with Crippen molar-refractivity contribution in [2.24, 2.45) is 7.05 Å². The number of hydrogen-bond donors (Lipinski definition) is 3. The molecule has 0 saturated heterocycles. The first-order valence-corrected chi connectivity index (χ1v) is 8.07. The summed E-state index contributed by atoms with van der Waals surface area (Å²) < 4.78 is 1.67. The molecule has 7 heteroatoms. The minimum atomic E-state index is -1.04. The van der Waals surface area contributed by atoms with Crippen molar-refractivity contribution in [1.29, 1.82) is 0 Å². The van der Waals surface area contributed by atoms with Crippen LogP contribution in [0.4, 0.5) is 0 Å². The molecule has 3 N–H and O–H groups in total. The molecule has 2 aromatic heterocycles. The normalized spacial score (nSPS) is 12.2. The number of nitrogens with one attached hydrogen (secondary N) is 2. The first-order valence-electron chi connectivity index (χ1n) is 8.07. The van der Waals surface area contributed by atoms with Gasteiger partial charge in [0.05, 0.1) is 6.20 Å². The van der Waals surface area contributed by atoms with Crippen molar-refractivity contribution < 1.29 is 14.7 Å². The van der Waals surface area contributed by atoms with Gasteiger partial charge in [0.1, 0.15) is 6.04 Å². The van der Waals surface area contributed by atoms with Crippen LogP contribution in [-0.2, 0) is 29.5 Å². The SMILES string of the molecule is Cn1cc(CCC(=O)NC(Cc2c[nH]c3ccccc23)C(=O)O)cn1. The third-order valence-corrected chi connectivity index (χ3v) is 4.13. The summed E-state index contributed by atoms with van der Waals surface area (Å²) in [5, 5.41) is 17.1. The Balaban J connectivity index is 1.63. The zero-order chi connectivity index (χ0) is 17.8. The maximum Gasteiger partial charge on any atom is 0.326 e. The minimum absolute atomic E-state index is 0.226. The molecule has 0 bridgehead atoms. The van der Waals surface area contributed by atoms with Gasteiger partial charge in [-0.25, -0.2) is 4.79 Å². The largest absolute Gasteiger partial charge is 0.480 e. The van der Waals surface area contributed by atoms with Gasteiger partial charge in [0, 0.05) is 43.2 Å². The maximum absolute atomic E-state index is 12.1. The van der Waals surface area contributed by atoms with Crippen molar-refractivity contribution in [1.82, 2.24) is 20.1 Å². The number of carbonyl (C=O) groups excluding carboxylic acids is 1. The lowest BCUT2D eigenvalue weighted by atomic mass is 10.0. The highest BCUT2D eigenvalue weighted by Crippen LogP contribution is 2.19. The second-order valence-electron chi connectivity index (χ2n) is 6.04. The number of amides is 1. The molecule has 3 aromatic rings. The first kappa shape index (κ1) is 16.8. The van der Waals surface area contributed by atoms with Crippen LogP contribution in [0.25, 0.3) is 10.9 Å². The molecule has 1 atom stereocenters. The van der Waals surface area contributed by atoms with Gasteiger partial charge in [-0.1, -0.05) is 18.2 Å². The summed E-state index contributed by atoms with van der Waals surface area (Å²) in [6, 6.07) is 6.73. The standard InChI is InChI=1S/C18H20N4O3/c1-22-11-12(9-20-22)6-7-17(23)21-16(18(24)25)8-13-10-19-15-5-3-2-4-14(13)15/h2-5,9-11,16,19H,6-8H2,1H3,(H,21,23)(H,24,25). The number of rotatable bonds is 7. The van der Waals surface area contributed by atoms with Crippen LogP contribution < -0.4 is 5.32 Å². The Hall–Kier alpha value is -3.09. The molecule has 25 heavy (non-hydrogen) atoms. The number of aryl methyl sites for hydroxylation is 2. The van der Waals surface area contributed by atoms with Gasteiger partial charge in [-0.05, 0) is 23.6 Å². The smallest absolute Gasteiger partial charge is 0.326 e. The minimum Gasteiger partial charge on any atom is -0.480 e. The number of aliphatic carboxylic acids is 1. The molecule has 0 radical (unpaired) electrons. The van der Waals surface area contributed by atoms with E-state index in [1.165, 1.54) is 0 Å². The zero-order valence-corrected chi connectivity index (χ0v) is 13.9. The van der Waals surface area contributed by atoms with Gasteiger partial charge < -0.3 is 15.4 Å². The van der Waals surface area contributed by atoms with Crippen LogP contribution in [0.3, 0.4) is 0 Å². The molecule has 0 saturated carbocycles. The predicted octanol–water partition coefficient (Wildman–Crippen LogP) is 1.65. The second kappa shape index (κ2) is 7.21. The summed E-state index contributed by atoms with van der Waals surface area (Å²) in [5.74, 6) is -1.32. The van der Waals surface area contributed by atoms with Crippen LogP contribution in [0.15, 0.2) is 42.9 Å². The number of carboxylic acid groups (broad SMARTS) is 1. The molecule has 0 aliphatic heterocycles. The fraction of sp³-hybridized carbons (Fsp3) is 0.278. The van der Waals surface area contributed by atoms with E-state index in [0.29, 0.717) is 6.42 Å². The lowest BCUT2D eigenvalue weighted by Gasteiger charge is -2.14. The van der Waals surface area contributed by atoms with E-state index in [0.717, 1.165) is 22.0 Å². The molecule has 7 nitrogen and oxygen atoms in total. The van der Waals surface area contributed by atoms with E-state index in [1.807, 2.05) is 37.5 Å². The van der Waals surface area contributed by atoms with Gasteiger partial charge in [-0.15, -0.1) is 0 Å². The van der Waals surface area contributed by atoms with Gasteiger partial charge in [0.2, 0.25) is 5.91 Å². The van der Waals surface area contributed by atoms with Crippen LogP contribution in [0.2, 0.25) is 0 Å². The van der Waals surface area contributed by atoms with Gasteiger partial charge in [0.15, 0.2) is 0 Å².